The second-order valence-electron chi connectivity index (χ2n) is 3.08. The lowest BCUT2D eigenvalue weighted by molar-refractivity contribution is -0.139. The normalized spacial score (nSPS) is 8.74. The first-order valence-corrected chi connectivity index (χ1v) is 6.80. The van der Waals surface area contributed by atoms with E-state index in [0.29, 0.717) is 6.61 Å². The van der Waals surface area contributed by atoms with E-state index in [-0.39, 0.29) is 5.97 Å². The van der Waals surface area contributed by atoms with Crippen LogP contribution in [0.5, 0.6) is 0 Å². The van der Waals surface area contributed by atoms with Crippen LogP contribution in [-0.4, -0.2) is 19.6 Å². The fourth-order valence-corrected chi connectivity index (χ4v) is 1.11. The van der Waals surface area contributed by atoms with Crippen molar-refractivity contribution in [2.75, 3.05) is 19.0 Å². The van der Waals surface area contributed by atoms with Gasteiger partial charge < -0.3 is 10.1 Å². The van der Waals surface area contributed by atoms with Gasteiger partial charge in [-0.05, 0) is 23.8 Å². The van der Waals surface area contributed by atoms with E-state index in [0.717, 1.165) is 11.3 Å². The average molecular weight is 265 g/mol. The van der Waals surface area contributed by atoms with E-state index in [1.54, 1.807) is 0 Å². The van der Waals surface area contributed by atoms with Gasteiger partial charge in [0.05, 0.1) is 0 Å². The van der Waals surface area contributed by atoms with Crippen molar-refractivity contribution in [1.29, 1.82) is 0 Å². The van der Waals surface area contributed by atoms with Gasteiger partial charge in [-0.25, -0.2) is 0 Å². The van der Waals surface area contributed by atoms with Gasteiger partial charge in [0, 0.05) is 19.7 Å². The third-order valence-electron chi connectivity index (χ3n) is 1.89. The first-order valence-electron chi connectivity index (χ1n) is 6.80. The number of hydrogen-bond acceptors (Lipinski definition) is 3. The summed E-state index contributed by atoms with van der Waals surface area (Å²) in [5.74, 6) is -0.259. The Hall–Kier alpha value is -1.77. The van der Waals surface area contributed by atoms with Crippen molar-refractivity contribution in [3.8, 4) is 0 Å². The monoisotopic (exact) mass is 265 g/mol. The van der Waals surface area contributed by atoms with Crippen LogP contribution in [0.25, 0.3) is 6.08 Å². The molecule has 0 aliphatic rings. The zero-order valence-electron chi connectivity index (χ0n) is 13.0. The van der Waals surface area contributed by atoms with Crippen molar-refractivity contribution in [3.05, 3.63) is 35.9 Å². The zero-order chi connectivity index (χ0) is 15.1. The van der Waals surface area contributed by atoms with Crippen LogP contribution in [-0.2, 0) is 9.53 Å². The molecule has 0 aliphatic heterocycles. The topological polar surface area (TPSA) is 38.3 Å². The van der Waals surface area contributed by atoms with Crippen LogP contribution in [0.15, 0.2) is 30.3 Å². The highest BCUT2D eigenvalue weighted by Gasteiger charge is 1.89. The molecule has 0 aliphatic carbocycles. The third-order valence-corrected chi connectivity index (χ3v) is 1.89. The molecule has 0 aromatic heterocycles. The number of rotatable bonds is 4. The minimum atomic E-state index is -0.259. The second-order valence-corrected chi connectivity index (χ2v) is 3.08. The van der Waals surface area contributed by atoms with Crippen LogP contribution >= 0.6 is 0 Å². The highest BCUT2D eigenvalue weighted by molar-refractivity contribution is 5.66. The predicted octanol–water partition coefficient (Wildman–Crippen LogP) is 4.36. The van der Waals surface area contributed by atoms with Gasteiger partial charge in [-0.2, -0.15) is 0 Å². The Morgan fingerprint density at radius 2 is 1.68 bits per heavy atom. The van der Waals surface area contributed by atoms with Crippen molar-refractivity contribution < 1.29 is 9.53 Å². The van der Waals surface area contributed by atoms with Gasteiger partial charge in [-0.3, -0.25) is 4.79 Å². The predicted molar refractivity (Wildman–Crippen MR) is 84.4 cm³/mol. The molecule has 3 heteroatoms. The first-order chi connectivity index (χ1) is 9.22. The molecular formula is C16H27NO2. The van der Waals surface area contributed by atoms with Gasteiger partial charge in [-0.1, -0.05) is 45.9 Å². The molecule has 1 N–H and O–H groups in total. The molecule has 0 amide bonds. The number of carbonyl (C=O) groups excluding carboxylic acids is 1. The number of nitrogens with one attached hydrogen (secondary N) is 1. The summed E-state index contributed by atoms with van der Waals surface area (Å²) in [6.07, 6.45) is 3.73. The van der Waals surface area contributed by atoms with E-state index in [9.17, 15) is 4.79 Å². The van der Waals surface area contributed by atoms with Crippen LogP contribution < -0.4 is 5.32 Å². The molecule has 1 rings (SSSR count). The largest absolute Gasteiger partial charge is 0.462 e. The number of hydrogen-bond donors (Lipinski definition) is 1. The molecule has 19 heavy (non-hydrogen) atoms. The van der Waals surface area contributed by atoms with E-state index in [1.807, 2.05) is 71.2 Å². The maximum absolute atomic E-state index is 10.5. The summed E-state index contributed by atoms with van der Waals surface area (Å²) in [6, 6.07) is 7.98. The number of carbonyl (C=O) groups is 1. The Bertz CT molecular complexity index is 342. The molecule has 0 unspecified atom stereocenters. The van der Waals surface area contributed by atoms with Crippen LogP contribution in [0.4, 0.5) is 5.69 Å². The maximum atomic E-state index is 10.5. The molecule has 1 aromatic rings. The molecule has 3 nitrogen and oxygen atoms in total. The highest BCUT2D eigenvalue weighted by Crippen LogP contribution is 2.09. The van der Waals surface area contributed by atoms with Crippen molar-refractivity contribution in [2.24, 2.45) is 0 Å². The van der Waals surface area contributed by atoms with Crippen molar-refractivity contribution >= 4 is 17.7 Å². The Morgan fingerprint density at radius 3 is 2.11 bits per heavy atom. The lowest BCUT2D eigenvalue weighted by Crippen LogP contribution is -1.97. The van der Waals surface area contributed by atoms with E-state index in [2.05, 4.69) is 5.32 Å². The highest BCUT2D eigenvalue weighted by atomic mass is 16.5. The van der Waals surface area contributed by atoms with Gasteiger partial charge in [0.2, 0.25) is 0 Å². The van der Waals surface area contributed by atoms with E-state index in [4.69, 9.17) is 4.74 Å². The SMILES string of the molecule is CC.CC.CNc1ccc(/C=C/COC(C)=O)cc1. The third kappa shape index (κ3) is 11.1. The average Bonchev–Trinajstić information content (AvgIpc) is 2.48. The fourth-order valence-electron chi connectivity index (χ4n) is 1.11. The van der Waals surface area contributed by atoms with Gasteiger partial charge in [0.15, 0.2) is 0 Å². The van der Waals surface area contributed by atoms with E-state index >= 15 is 0 Å². The molecule has 0 atom stereocenters. The molecule has 0 saturated carbocycles. The smallest absolute Gasteiger partial charge is 0.302 e. The number of ether oxygens (including phenoxy) is 1. The molecule has 0 radical (unpaired) electrons. The quantitative estimate of drug-likeness (QED) is 0.822. The fraction of sp³-hybridized carbons (Fsp3) is 0.438. The Kier molecular flexibility index (Phi) is 14.7. The van der Waals surface area contributed by atoms with Gasteiger partial charge in [-0.15, -0.1) is 0 Å². The number of anilines is 1. The van der Waals surface area contributed by atoms with Crippen LogP contribution in [0, 0.1) is 0 Å². The Morgan fingerprint density at radius 1 is 1.16 bits per heavy atom. The summed E-state index contributed by atoms with van der Waals surface area (Å²) in [5.41, 5.74) is 2.16. The number of esters is 1. The summed E-state index contributed by atoms with van der Waals surface area (Å²) >= 11 is 0. The molecule has 108 valence electrons. The molecular weight excluding hydrogens is 238 g/mol. The van der Waals surface area contributed by atoms with Gasteiger partial charge in [0.25, 0.3) is 0 Å². The van der Waals surface area contributed by atoms with Crippen molar-refractivity contribution in [2.45, 2.75) is 34.6 Å². The van der Waals surface area contributed by atoms with Crippen LogP contribution in [0.2, 0.25) is 0 Å². The van der Waals surface area contributed by atoms with E-state index in [1.165, 1.54) is 6.92 Å². The summed E-state index contributed by atoms with van der Waals surface area (Å²) in [4.78, 5) is 10.5. The van der Waals surface area contributed by atoms with Gasteiger partial charge in [0.1, 0.15) is 6.61 Å². The van der Waals surface area contributed by atoms with Crippen molar-refractivity contribution in [1.82, 2.24) is 0 Å². The van der Waals surface area contributed by atoms with Crippen LogP contribution in [0.3, 0.4) is 0 Å². The first kappa shape index (κ1) is 19.6. The molecule has 0 fully saturated rings. The van der Waals surface area contributed by atoms with E-state index < -0.39 is 0 Å². The molecule has 0 heterocycles. The Balaban J connectivity index is 0. The number of benzene rings is 1. The Labute approximate surface area is 117 Å². The van der Waals surface area contributed by atoms with Crippen molar-refractivity contribution in [3.63, 3.8) is 0 Å². The maximum Gasteiger partial charge on any atom is 0.302 e. The molecule has 0 bridgehead atoms. The van der Waals surface area contributed by atoms with Crippen LogP contribution in [0.1, 0.15) is 40.2 Å². The minimum absolute atomic E-state index is 0.259. The van der Waals surface area contributed by atoms with Gasteiger partial charge >= 0.3 is 5.97 Å². The summed E-state index contributed by atoms with van der Waals surface area (Å²) in [5, 5.41) is 3.04. The molecule has 0 saturated heterocycles. The lowest BCUT2D eigenvalue weighted by atomic mass is 10.2. The lowest BCUT2D eigenvalue weighted by Gasteiger charge is -1.99. The minimum Gasteiger partial charge on any atom is -0.462 e. The zero-order valence-corrected chi connectivity index (χ0v) is 13.0. The molecule has 1 aromatic carbocycles. The summed E-state index contributed by atoms with van der Waals surface area (Å²) in [7, 11) is 1.88. The second kappa shape index (κ2) is 14.3. The molecule has 0 spiro atoms. The summed E-state index contributed by atoms with van der Waals surface area (Å²) < 4.78 is 4.77. The summed E-state index contributed by atoms with van der Waals surface area (Å²) in [6.45, 7) is 9.72. The standard InChI is InChI=1S/C12H15NO2.2C2H6/c1-10(14)15-9-3-4-11-5-7-12(13-2)8-6-11;2*1-2/h3-8,13H,9H2,1-2H3;2*1-2H3/b4-3+;;.